The zero-order valence-corrected chi connectivity index (χ0v) is 19.8. The molecule has 2 fully saturated rings. The minimum Gasteiger partial charge on any atom is -0.442 e. The number of carbonyl (C=O) groups is 4. The van der Waals surface area contributed by atoms with Crippen LogP contribution in [0.4, 0.5) is 29.7 Å². The van der Waals surface area contributed by atoms with Crippen molar-refractivity contribution < 1.29 is 37.4 Å². The van der Waals surface area contributed by atoms with E-state index in [1.165, 1.54) is 41.0 Å². The molecule has 4 rings (SSSR count). The molecular formula is C24H25F2N5O6. The Morgan fingerprint density at radius 1 is 0.892 bits per heavy atom. The first-order valence-corrected chi connectivity index (χ1v) is 11.4. The first-order valence-electron chi connectivity index (χ1n) is 11.4. The van der Waals surface area contributed by atoms with Crippen molar-refractivity contribution in [1.29, 1.82) is 0 Å². The van der Waals surface area contributed by atoms with Crippen LogP contribution >= 0.6 is 0 Å². The lowest BCUT2D eigenvalue weighted by Gasteiger charge is -2.16. The monoisotopic (exact) mass is 517 g/mol. The van der Waals surface area contributed by atoms with Gasteiger partial charge in [-0.3, -0.25) is 19.4 Å². The number of benzene rings is 2. The Morgan fingerprint density at radius 2 is 1.35 bits per heavy atom. The van der Waals surface area contributed by atoms with Crippen molar-refractivity contribution in [3.8, 4) is 11.1 Å². The second kappa shape index (κ2) is 10.8. The maximum atomic E-state index is 15.0. The van der Waals surface area contributed by atoms with Gasteiger partial charge in [-0.05, 0) is 36.4 Å². The summed E-state index contributed by atoms with van der Waals surface area (Å²) >= 11 is 0. The molecule has 0 radical (unpaired) electrons. The molecule has 2 atom stereocenters. The van der Waals surface area contributed by atoms with Crippen molar-refractivity contribution in [2.24, 2.45) is 5.73 Å². The van der Waals surface area contributed by atoms with Gasteiger partial charge < -0.3 is 25.8 Å². The molecule has 0 aliphatic carbocycles. The number of nitrogens with zero attached hydrogens (tertiary/aromatic N) is 2. The number of nitrogens with one attached hydrogen (secondary N) is 2. The van der Waals surface area contributed by atoms with Crippen molar-refractivity contribution in [1.82, 2.24) is 10.6 Å². The van der Waals surface area contributed by atoms with E-state index in [4.69, 9.17) is 15.2 Å². The smallest absolute Gasteiger partial charge is 0.414 e. The molecule has 2 heterocycles. The van der Waals surface area contributed by atoms with Crippen LogP contribution in [-0.4, -0.2) is 68.9 Å². The van der Waals surface area contributed by atoms with Crippen LogP contribution < -0.4 is 26.2 Å². The largest absolute Gasteiger partial charge is 0.442 e. The predicted octanol–water partition coefficient (Wildman–Crippen LogP) is 1.49. The molecule has 196 valence electrons. The number of carbonyl (C=O) groups excluding carboxylic acids is 4. The summed E-state index contributed by atoms with van der Waals surface area (Å²) in [5.41, 5.74) is 5.58. The summed E-state index contributed by atoms with van der Waals surface area (Å²) in [5.74, 6) is -2.20. The molecule has 2 aromatic carbocycles. The second-order valence-corrected chi connectivity index (χ2v) is 8.51. The number of rotatable bonds is 8. The van der Waals surface area contributed by atoms with Crippen molar-refractivity contribution in [3.05, 3.63) is 48.0 Å². The van der Waals surface area contributed by atoms with Crippen LogP contribution in [0.25, 0.3) is 11.1 Å². The summed E-state index contributed by atoms with van der Waals surface area (Å²) in [6.45, 7) is 1.53. The molecule has 0 spiro atoms. The van der Waals surface area contributed by atoms with Crippen LogP contribution in [-0.2, 0) is 19.1 Å². The molecule has 2 aromatic rings. The average Bonchev–Trinajstić information content (AvgIpc) is 3.43. The molecule has 2 aliphatic rings. The molecular weight excluding hydrogens is 492 g/mol. The van der Waals surface area contributed by atoms with E-state index < -0.39 is 41.9 Å². The number of anilines is 2. The zero-order chi connectivity index (χ0) is 26.7. The average molecular weight is 517 g/mol. The molecule has 0 bridgehead atoms. The Morgan fingerprint density at radius 3 is 1.76 bits per heavy atom. The quantitative estimate of drug-likeness (QED) is 0.481. The van der Waals surface area contributed by atoms with Gasteiger partial charge >= 0.3 is 12.2 Å². The molecule has 2 saturated heterocycles. The van der Waals surface area contributed by atoms with Crippen LogP contribution in [0.2, 0.25) is 0 Å². The summed E-state index contributed by atoms with van der Waals surface area (Å²) in [4.78, 5) is 49.2. The molecule has 11 nitrogen and oxygen atoms in total. The van der Waals surface area contributed by atoms with Gasteiger partial charge in [0.2, 0.25) is 11.8 Å². The number of hydrogen-bond donors (Lipinski definition) is 3. The van der Waals surface area contributed by atoms with Gasteiger partial charge in [0.05, 0.1) is 44.1 Å². The van der Waals surface area contributed by atoms with E-state index in [0.717, 1.165) is 12.1 Å². The number of amides is 4. The van der Waals surface area contributed by atoms with Gasteiger partial charge in [-0.2, -0.15) is 0 Å². The van der Waals surface area contributed by atoms with Gasteiger partial charge in [0, 0.05) is 18.1 Å². The van der Waals surface area contributed by atoms with E-state index in [0.29, 0.717) is 0 Å². The number of nitrogens with two attached hydrogens (primary N) is 1. The number of halogens is 2. The van der Waals surface area contributed by atoms with Crippen molar-refractivity contribution in [2.45, 2.75) is 19.1 Å². The van der Waals surface area contributed by atoms with Gasteiger partial charge in [0.25, 0.3) is 0 Å². The second-order valence-electron chi connectivity index (χ2n) is 8.51. The Hall–Kier alpha value is -4.26. The van der Waals surface area contributed by atoms with Crippen LogP contribution in [0, 0.1) is 11.6 Å². The van der Waals surface area contributed by atoms with E-state index in [1.54, 1.807) is 0 Å². The first-order chi connectivity index (χ1) is 17.7. The van der Waals surface area contributed by atoms with Gasteiger partial charge in [-0.15, -0.1) is 0 Å². The van der Waals surface area contributed by atoms with Gasteiger partial charge in [-0.25, -0.2) is 18.4 Å². The Balaban J connectivity index is 1.46. The van der Waals surface area contributed by atoms with Gasteiger partial charge in [0.1, 0.15) is 23.8 Å². The van der Waals surface area contributed by atoms with E-state index in [-0.39, 0.29) is 61.1 Å². The highest BCUT2D eigenvalue weighted by Gasteiger charge is 2.34. The predicted molar refractivity (Wildman–Crippen MR) is 128 cm³/mol. The van der Waals surface area contributed by atoms with E-state index >= 15 is 8.78 Å². The number of ether oxygens (including phenoxy) is 2. The minimum atomic E-state index is -0.771. The molecule has 13 heteroatoms. The topological polar surface area (TPSA) is 143 Å². The van der Waals surface area contributed by atoms with Gasteiger partial charge in [0.15, 0.2) is 0 Å². The fraction of sp³-hybridized carbons (Fsp3) is 0.333. The third-order valence-corrected chi connectivity index (χ3v) is 5.86. The first kappa shape index (κ1) is 25.8. The van der Waals surface area contributed by atoms with Crippen LogP contribution in [0.15, 0.2) is 36.4 Å². The molecule has 0 saturated carbocycles. The van der Waals surface area contributed by atoms with E-state index in [1.807, 2.05) is 0 Å². The van der Waals surface area contributed by atoms with Crippen LogP contribution in [0.5, 0.6) is 0 Å². The summed E-state index contributed by atoms with van der Waals surface area (Å²) in [6, 6.07) is 7.80. The fourth-order valence-electron chi connectivity index (χ4n) is 4.02. The van der Waals surface area contributed by atoms with Crippen molar-refractivity contribution >= 4 is 35.4 Å². The Bertz CT molecular complexity index is 1240. The zero-order valence-electron chi connectivity index (χ0n) is 19.8. The van der Waals surface area contributed by atoms with Gasteiger partial charge in [-0.1, -0.05) is 0 Å². The molecule has 4 amide bonds. The highest BCUT2D eigenvalue weighted by Crippen LogP contribution is 2.33. The summed E-state index contributed by atoms with van der Waals surface area (Å²) in [5, 5.41) is 5.08. The van der Waals surface area contributed by atoms with E-state index in [9.17, 15) is 19.2 Å². The Kier molecular flexibility index (Phi) is 7.53. The highest BCUT2D eigenvalue weighted by molar-refractivity contribution is 5.91. The van der Waals surface area contributed by atoms with Crippen LogP contribution in [0.1, 0.15) is 6.92 Å². The van der Waals surface area contributed by atoms with Crippen molar-refractivity contribution in [2.75, 3.05) is 42.5 Å². The maximum absolute atomic E-state index is 15.0. The molecule has 4 N–H and O–H groups in total. The summed E-state index contributed by atoms with van der Waals surface area (Å²) in [7, 11) is 0. The molecule has 37 heavy (non-hydrogen) atoms. The highest BCUT2D eigenvalue weighted by atomic mass is 19.1. The maximum Gasteiger partial charge on any atom is 0.414 e. The molecule has 0 aromatic heterocycles. The van der Waals surface area contributed by atoms with Crippen molar-refractivity contribution in [3.63, 3.8) is 0 Å². The molecule has 0 unspecified atom stereocenters. The minimum absolute atomic E-state index is 0.0402. The summed E-state index contributed by atoms with van der Waals surface area (Å²) in [6.07, 6.45) is -2.61. The number of hydrogen-bond acceptors (Lipinski definition) is 7. The lowest BCUT2D eigenvalue weighted by Crippen LogP contribution is -2.37. The molecule has 2 aliphatic heterocycles. The van der Waals surface area contributed by atoms with Crippen LogP contribution in [0.3, 0.4) is 0 Å². The third kappa shape index (κ3) is 5.77. The lowest BCUT2D eigenvalue weighted by atomic mass is 10.0. The number of cyclic esters (lactones) is 2. The third-order valence-electron chi connectivity index (χ3n) is 5.86. The SMILES string of the molecule is CC(=O)NC[C@H]1CN(c2ccc(-c3ccc(N4C[C@H](CNC(=O)CN)OC4=O)cc3F)c(F)c2)C(=O)O1. The summed E-state index contributed by atoms with van der Waals surface area (Å²) < 4.78 is 40.4. The fourth-order valence-corrected chi connectivity index (χ4v) is 4.02. The standard InChI is InChI=1S/C24H25F2N5O6/c1-13(32)28-9-16-11-30(23(34)36-16)14-2-4-18(20(25)6-14)19-5-3-15(7-21(19)26)31-12-17(37-24(31)35)10-29-22(33)8-27/h2-7,16-17H,8-12,27H2,1H3,(H,28,32)(H,29,33)/t16-,17-/m0/s1. The normalized spacial score (nSPS) is 19.0. The lowest BCUT2D eigenvalue weighted by molar-refractivity contribution is -0.120. The van der Waals surface area contributed by atoms with E-state index in [2.05, 4.69) is 10.6 Å². The Labute approximate surface area is 210 Å².